The van der Waals surface area contributed by atoms with Crippen molar-refractivity contribution in [3.63, 3.8) is 0 Å². The monoisotopic (exact) mass is 243 g/mol. The zero-order valence-corrected chi connectivity index (χ0v) is 10.3. The predicted molar refractivity (Wildman–Crippen MR) is 60.0 cm³/mol. The second kappa shape index (κ2) is 7.37. The minimum absolute atomic E-state index is 0.00486. The lowest BCUT2D eigenvalue weighted by molar-refractivity contribution is -0.140. The van der Waals surface area contributed by atoms with Crippen molar-refractivity contribution in [3.8, 4) is 0 Å². The van der Waals surface area contributed by atoms with E-state index in [-0.39, 0.29) is 31.4 Å². The van der Waals surface area contributed by atoms with Crippen molar-refractivity contribution in [2.24, 2.45) is 0 Å². The number of aldehydes is 1. The molecular weight excluding hydrogens is 226 g/mol. The number of hydrogen-bond acceptors (Lipinski definition) is 4. The van der Waals surface area contributed by atoms with Crippen LogP contribution in [0.2, 0.25) is 0 Å². The summed E-state index contributed by atoms with van der Waals surface area (Å²) in [6, 6.07) is 0. The summed E-state index contributed by atoms with van der Waals surface area (Å²) in [6.07, 6.45) is 1.14. The third-order valence-corrected chi connectivity index (χ3v) is 2.14. The Labute approximate surface area is 99.9 Å². The van der Waals surface area contributed by atoms with Crippen LogP contribution in [0, 0.1) is 0 Å². The van der Waals surface area contributed by atoms with Crippen molar-refractivity contribution in [2.75, 3.05) is 40.8 Å². The summed E-state index contributed by atoms with van der Waals surface area (Å²) >= 11 is 0. The van der Waals surface area contributed by atoms with Crippen LogP contribution < -0.4 is 0 Å². The molecule has 0 aliphatic heterocycles. The summed E-state index contributed by atoms with van der Waals surface area (Å²) in [5, 5.41) is 0. The number of nitrogens with zero attached hydrogens (tertiary/aromatic N) is 3. The Hall–Kier alpha value is -1.92. The van der Waals surface area contributed by atoms with Gasteiger partial charge in [0, 0.05) is 21.1 Å². The van der Waals surface area contributed by atoms with E-state index in [1.807, 2.05) is 0 Å². The van der Waals surface area contributed by atoms with Crippen LogP contribution in [-0.4, -0.2) is 80.0 Å². The standard InChI is InChI=1S/C10H17N3O4/c1-11(8-15)6-9(16)13(3)7-10(17)12(2)4-5-14/h5,8H,4,6-7H2,1-3H3. The lowest BCUT2D eigenvalue weighted by atomic mass is 10.4. The van der Waals surface area contributed by atoms with Gasteiger partial charge in [-0.25, -0.2) is 0 Å². The van der Waals surface area contributed by atoms with Crippen LogP contribution in [0.1, 0.15) is 0 Å². The molecule has 17 heavy (non-hydrogen) atoms. The number of carbonyl (C=O) groups excluding carboxylic acids is 4. The van der Waals surface area contributed by atoms with Crippen LogP contribution in [0.25, 0.3) is 0 Å². The summed E-state index contributed by atoms with van der Waals surface area (Å²) in [6.45, 7) is -0.199. The number of rotatable bonds is 7. The SMILES string of the molecule is CN(C=O)CC(=O)N(C)CC(=O)N(C)CC=O. The van der Waals surface area contributed by atoms with Gasteiger partial charge in [0.2, 0.25) is 18.2 Å². The molecule has 7 heteroatoms. The van der Waals surface area contributed by atoms with E-state index in [0.29, 0.717) is 12.7 Å². The highest BCUT2D eigenvalue weighted by atomic mass is 16.2. The van der Waals surface area contributed by atoms with E-state index in [2.05, 4.69) is 0 Å². The maximum absolute atomic E-state index is 11.5. The van der Waals surface area contributed by atoms with Gasteiger partial charge in [0.05, 0.1) is 19.6 Å². The van der Waals surface area contributed by atoms with Gasteiger partial charge in [0.25, 0.3) is 0 Å². The van der Waals surface area contributed by atoms with E-state index in [0.717, 1.165) is 0 Å². The minimum atomic E-state index is -0.340. The summed E-state index contributed by atoms with van der Waals surface area (Å²) < 4.78 is 0. The van der Waals surface area contributed by atoms with Crippen LogP contribution in [0.4, 0.5) is 0 Å². The molecule has 0 heterocycles. The average Bonchev–Trinajstić information content (AvgIpc) is 2.28. The zero-order valence-electron chi connectivity index (χ0n) is 10.3. The Kier molecular flexibility index (Phi) is 6.54. The van der Waals surface area contributed by atoms with Crippen LogP contribution in [0.5, 0.6) is 0 Å². The number of hydrogen-bond donors (Lipinski definition) is 0. The first-order valence-electron chi connectivity index (χ1n) is 4.99. The van der Waals surface area contributed by atoms with Crippen molar-refractivity contribution < 1.29 is 19.2 Å². The molecule has 0 aromatic carbocycles. The maximum Gasteiger partial charge on any atom is 0.242 e. The van der Waals surface area contributed by atoms with Gasteiger partial charge in [-0.2, -0.15) is 0 Å². The first-order valence-corrected chi connectivity index (χ1v) is 4.99. The maximum atomic E-state index is 11.5. The Morgan fingerprint density at radius 2 is 1.47 bits per heavy atom. The molecule has 0 aliphatic carbocycles. The third-order valence-electron chi connectivity index (χ3n) is 2.14. The van der Waals surface area contributed by atoms with E-state index >= 15 is 0 Å². The Balaban J connectivity index is 4.19. The van der Waals surface area contributed by atoms with Crippen molar-refractivity contribution >= 4 is 24.5 Å². The lowest BCUT2D eigenvalue weighted by Gasteiger charge is -2.21. The smallest absolute Gasteiger partial charge is 0.242 e. The molecule has 0 atom stereocenters. The first-order chi connectivity index (χ1) is 7.92. The van der Waals surface area contributed by atoms with Gasteiger partial charge in [0.15, 0.2) is 0 Å². The number of carbonyl (C=O) groups is 4. The van der Waals surface area contributed by atoms with E-state index in [1.54, 1.807) is 0 Å². The van der Waals surface area contributed by atoms with Gasteiger partial charge < -0.3 is 19.5 Å². The largest absolute Gasteiger partial charge is 0.339 e. The topological polar surface area (TPSA) is 78.0 Å². The van der Waals surface area contributed by atoms with Crippen LogP contribution in [0.3, 0.4) is 0 Å². The molecule has 0 bridgehead atoms. The van der Waals surface area contributed by atoms with E-state index < -0.39 is 0 Å². The Bertz CT molecular complexity index is 306. The highest BCUT2D eigenvalue weighted by Gasteiger charge is 2.16. The normalized spacial score (nSPS) is 9.35. The van der Waals surface area contributed by atoms with Gasteiger partial charge in [-0.1, -0.05) is 0 Å². The molecule has 0 rings (SSSR count). The molecule has 0 aromatic heterocycles. The predicted octanol–water partition coefficient (Wildman–Crippen LogP) is -1.81. The second-order valence-electron chi connectivity index (χ2n) is 3.71. The quantitative estimate of drug-likeness (QED) is 0.494. The molecule has 0 aliphatic rings. The number of amides is 3. The van der Waals surface area contributed by atoms with Gasteiger partial charge in [-0.3, -0.25) is 14.4 Å². The molecule has 0 aromatic rings. The molecule has 0 fully saturated rings. The highest BCUT2D eigenvalue weighted by Crippen LogP contribution is 1.91. The molecule has 0 radical (unpaired) electrons. The fourth-order valence-electron chi connectivity index (χ4n) is 0.997. The van der Waals surface area contributed by atoms with Crippen molar-refractivity contribution in [3.05, 3.63) is 0 Å². The van der Waals surface area contributed by atoms with E-state index in [9.17, 15) is 19.2 Å². The highest BCUT2D eigenvalue weighted by molar-refractivity contribution is 5.86. The van der Waals surface area contributed by atoms with Crippen LogP contribution in [0.15, 0.2) is 0 Å². The van der Waals surface area contributed by atoms with Crippen molar-refractivity contribution in [1.82, 2.24) is 14.7 Å². The van der Waals surface area contributed by atoms with E-state index in [1.165, 1.54) is 35.8 Å². The third kappa shape index (κ3) is 5.64. The summed E-state index contributed by atoms with van der Waals surface area (Å²) in [5.41, 5.74) is 0. The van der Waals surface area contributed by atoms with Gasteiger partial charge in [-0.15, -0.1) is 0 Å². The van der Waals surface area contributed by atoms with Crippen LogP contribution in [-0.2, 0) is 19.2 Å². The van der Waals surface area contributed by atoms with Gasteiger partial charge >= 0.3 is 0 Å². The molecule has 3 amide bonds. The minimum Gasteiger partial charge on any atom is -0.339 e. The molecule has 0 saturated carbocycles. The first kappa shape index (κ1) is 15.1. The second-order valence-corrected chi connectivity index (χ2v) is 3.71. The molecule has 0 spiro atoms. The molecule has 0 unspecified atom stereocenters. The van der Waals surface area contributed by atoms with Gasteiger partial charge in [-0.05, 0) is 0 Å². The zero-order chi connectivity index (χ0) is 13.4. The van der Waals surface area contributed by atoms with Crippen LogP contribution >= 0.6 is 0 Å². The average molecular weight is 243 g/mol. The van der Waals surface area contributed by atoms with Crippen molar-refractivity contribution in [1.29, 1.82) is 0 Å². The Morgan fingerprint density at radius 1 is 0.941 bits per heavy atom. The Morgan fingerprint density at radius 3 is 1.94 bits per heavy atom. The molecule has 7 nitrogen and oxygen atoms in total. The molecular formula is C10H17N3O4. The fraction of sp³-hybridized carbons (Fsp3) is 0.600. The van der Waals surface area contributed by atoms with Gasteiger partial charge in [0.1, 0.15) is 6.29 Å². The molecule has 0 saturated heterocycles. The number of likely N-dealkylation sites (N-methyl/N-ethyl adjacent to an activating group) is 3. The lowest BCUT2D eigenvalue weighted by Crippen LogP contribution is -2.43. The summed E-state index contributed by atoms with van der Waals surface area (Å²) in [4.78, 5) is 47.1. The van der Waals surface area contributed by atoms with E-state index in [4.69, 9.17) is 0 Å². The van der Waals surface area contributed by atoms with Crippen molar-refractivity contribution in [2.45, 2.75) is 0 Å². The summed E-state index contributed by atoms with van der Waals surface area (Å²) in [7, 11) is 4.42. The summed E-state index contributed by atoms with van der Waals surface area (Å²) in [5.74, 6) is -0.672. The fourth-order valence-corrected chi connectivity index (χ4v) is 0.997. The molecule has 0 N–H and O–H groups in total. The molecule has 96 valence electrons.